The maximum atomic E-state index is 14.0. The van der Waals surface area contributed by atoms with Crippen molar-refractivity contribution in [2.75, 3.05) is 22.9 Å². The highest BCUT2D eigenvalue weighted by molar-refractivity contribution is 5.93. The standard InChI is InChI=1S/C36H24F6N14/c1-17-10-22(12-24(48-17)35(37,38)39)26-29(51-32(44)55-30(26)46-16-47-55)21-4-3-9-54(15-21)34-52-31-27(23-11-18(2)49-25(13-23)36(40,41)42)28(50-33(45)56(31)53-34)20-7-5-19(14-43)6-8-20/h3-8,10-13,15-16H,9H2,1-2H3,(H2,44,51)(H2,45,50). The molecule has 6 aromatic heterocycles. The number of fused-ring (bicyclic) bond motifs is 2. The predicted octanol–water partition coefficient (Wildman–Crippen LogP) is 6.46. The van der Waals surface area contributed by atoms with Crippen LogP contribution in [0.4, 0.5) is 44.2 Å². The average molecular weight is 767 g/mol. The Hall–Kier alpha value is -7.43. The Balaban J connectivity index is 1.32. The van der Waals surface area contributed by atoms with Gasteiger partial charge in [-0.25, -0.2) is 24.9 Å². The number of alkyl halides is 6. The molecule has 4 N–H and O–H groups in total. The van der Waals surface area contributed by atoms with E-state index in [-0.39, 0.29) is 80.7 Å². The summed E-state index contributed by atoms with van der Waals surface area (Å²) in [7, 11) is 0. The molecule has 280 valence electrons. The molecule has 1 aliphatic heterocycles. The first-order valence-electron chi connectivity index (χ1n) is 16.4. The summed E-state index contributed by atoms with van der Waals surface area (Å²) in [6.45, 7) is 3.04. The molecule has 1 aromatic carbocycles. The summed E-state index contributed by atoms with van der Waals surface area (Å²) in [4.78, 5) is 27.0. The molecule has 7 aromatic rings. The Morgan fingerprint density at radius 3 is 1.91 bits per heavy atom. The zero-order valence-electron chi connectivity index (χ0n) is 28.9. The van der Waals surface area contributed by atoms with Crippen LogP contribution < -0.4 is 16.4 Å². The first-order chi connectivity index (χ1) is 26.6. The van der Waals surface area contributed by atoms with E-state index >= 15 is 0 Å². The van der Waals surface area contributed by atoms with Gasteiger partial charge in [0, 0.05) is 35.3 Å². The first kappa shape index (κ1) is 35.6. The third-order valence-corrected chi connectivity index (χ3v) is 8.73. The van der Waals surface area contributed by atoms with Gasteiger partial charge in [0.1, 0.15) is 17.7 Å². The summed E-state index contributed by atoms with van der Waals surface area (Å²) in [6.07, 6.45) is -3.33. The number of nitriles is 1. The van der Waals surface area contributed by atoms with Crippen LogP contribution in [0.1, 0.15) is 34.0 Å². The van der Waals surface area contributed by atoms with E-state index in [1.165, 1.54) is 53.5 Å². The molecule has 0 atom stereocenters. The highest BCUT2D eigenvalue weighted by Gasteiger charge is 2.35. The number of hydrogen-bond donors (Lipinski definition) is 2. The molecule has 0 bridgehead atoms. The lowest BCUT2D eigenvalue weighted by molar-refractivity contribution is -0.142. The SMILES string of the molecule is Cc1cc(-c2c(C3=CN(c4nc5c(-c6cc(C)nc(C(F)(F)F)c6)c(-c6ccc(C#N)cc6)nc(N)n5n4)CC=C3)nc(N)n3ncnc23)cc(C(F)(F)F)n1. The number of nitrogens with two attached hydrogens (primary N) is 2. The fraction of sp³-hybridized carbons (Fsp3) is 0.139. The van der Waals surface area contributed by atoms with Crippen LogP contribution in [0.15, 0.2) is 73.2 Å². The number of nitrogen functional groups attached to an aromatic ring is 2. The predicted molar refractivity (Wildman–Crippen MR) is 191 cm³/mol. The van der Waals surface area contributed by atoms with Crippen molar-refractivity contribution < 1.29 is 26.3 Å². The quantitative estimate of drug-likeness (QED) is 0.182. The van der Waals surface area contributed by atoms with E-state index in [0.717, 1.165) is 12.1 Å². The summed E-state index contributed by atoms with van der Waals surface area (Å²) in [5.74, 6) is -0.208. The van der Waals surface area contributed by atoms with Crippen molar-refractivity contribution >= 4 is 34.7 Å². The number of allylic oxidation sites excluding steroid dienone is 2. The number of hydrogen-bond acceptors (Lipinski definition) is 12. The molecule has 0 amide bonds. The van der Waals surface area contributed by atoms with Crippen LogP contribution in [0, 0.1) is 25.2 Å². The summed E-state index contributed by atoms with van der Waals surface area (Å²) in [5, 5.41) is 18.0. The smallest absolute Gasteiger partial charge is 0.368 e. The number of halogens is 6. The van der Waals surface area contributed by atoms with Gasteiger partial charge in [0.2, 0.25) is 17.8 Å². The van der Waals surface area contributed by atoms with Crippen molar-refractivity contribution in [1.29, 1.82) is 5.26 Å². The minimum Gasteiger partial charge on any atom is -0.368 e. The Morgan fingerprint density at radius 1 is 0.714 bits per heavy atom. The second kappa shape index (κ2) is 12.9. The Kier molecular flexibility index (Phi) is 8.17. The zero-order chi connectivity index (χ0) is 39.7. The van der Waals surface area contributed by atoms with E-state index < -0.39 is 23.7 Å². The zero-order valence-corrected chi connectivity index (χ0v) is 28.9. The molecule has 0 fully saturated rings. The monoisotopic (exact) mass is 766 g/mol. The van der Waals surface area contributed by atoms with Gasteiger partial charge < -0.3 is 16.4 Å². The number of pyridine rings is 2. The third kappa shape index (κ3) is 6.23. The Labute approximate surface area is 311 Å². The molecule has 0 saturated heterocycles. The molecule has 0 radical (unpaired) electrons. The second-order valence-corrected chi connectivity index (χ2v) is 12.6. The van der Waals surface area contributed by atoms with Crippen LogP contribution in [0.3, 0.4) is 0 Å². The molecule has 7 heterocycles. The van der Waals surface area contributed by atoms with E-state index in [0.29, 0.717) is 16.7 Å². The summed E-state index contributed by atoms with van der Waals surface area (Å²) in [5.41, 5.74) is 12.7. The molecule has 20 heteroatoms. The highest BCUT2D eigenvalue weighted by atomic mass is 19.4. The van der Waals surface area contributed by atoms with E-state index in [1.807, 2.05) is 6.07 Å². The molecule has 8 rings (SSSR count). The van der Waals surface area contributed by atoms with E-state index in [9.17, 15) is 31.6 Å². The van der Waals surface area contributed by atoms with E-state index in [4.69, 9.17) is 16.5 Å². The van der Waals surface area contributed by atoms with Crippen molar-refractivity contribution in [3.05, 3.63) is 107 Å². The average Bonchev–Trinajstić information content (AvgIpc) is 3.83. The normalized spacial score (nSPS) is 13.4. The molecular weight excluding hydrogens is 742 g/mol. The summed E-state index contributed by atoms with van der Waals surface area (Å²) in [6, 6.07) is 13.0. The topological polar surface area (TPSA) is 191 Å². The molecule has 0 unspecified atom stereocenters. The van der Waals surface area contributed by atoms with E-state index in [2.05, 4.69) is 35.1 Å². The van der Waals surface area contributed by atoms with Crippen LogP contribution in [0.2, 0.25) is 0 Å². The lowest BCUT2D eigenvalue weighted by Crippen LogP contribution is -2.21. The molecule has 1 aliphatic rings. The van der Waals surface area contributed by atoms with Gasteiger partial charge in [0.25, 0.3) is 0 Å². The van der Waals surface area contributed by atoms with Crippen LogP contribution >= 0.6 is 0 Å². The van der Waals surface area contributed by atoms with Crippen LogP contribution in [0.5, 0.6) is 0 Å². The van der Waals surface area contributed by atoms with Gasteiger partial charge in [-0.3, -0.25) is 0 Å². The first-order valence-corrected chi connectivity index (χ1v) is 16.4. The maximum absolute atomic E-state index is 14.0. The van der Waals surface area contributed by atoms with Crippen molar-refractivity contribution in [3.8, 4) is 39.6 Å². The van der Waals surface area contributed by atoms with Gasteiger partial charge in [0.05, 0.1) is 34.1 Å². The van der Waals surface area contributed by atoms with Crippen molar-refractivity contribution in [2.45, 2.75) is 26.2 Å². The number of aryl methyl sites for hydroxylation is 2. The highest BCUT2D eigenvalue weighted by Crippen LogP contribution is 2.40. The Bertz CT molecular complexity index is 2830. The van der Waals surface area contributed by atoms with Gasteiger partial charge >= 0.3 is 12.4 Å². The van der Waals surface area contributed by atoms with E-state index in [1.54, 1.807) is 35.4 Å². The number of nitrogens with zero attached hydrogens (tertiary/aromatic N) is 12. The van der Waals surface area contributed by atoms with Crippen LogP contribution in [-0.2, 0) is 12.4 Å². The third-order valence-electron chi connectivity index (χ3n) is 8.73. The minimum atomic E-state index is -4.78. The molecule has 0 spiro atoms. The van der Waals surface area contributed by atoms with Crippen molar-refractivity contribution in [3.63, 3.8) is 0 Å². The van der Waals surface area contributed by atoms with Crippen LogP contribution in [0.25, 0.3) is 50.4 Å². The lowest BCUT2D eigenvalue weighted by Gasteiger charge is -2.21. The van der Waals surface area contributed by atoms with Gasteiger partial charge in [-0.15, -0.1) is 5.10 Å². The van der Waals surface area contributed by atoms with Crippen LogP contribution in [-0.4, -0.2) is 55.7 Å². The van der Waals surface area contributed by atoms with Gasteiger partial charge in [0.15, 0.2) is 11.3 Å². The second-order valence-electron chi connectivity index (χ2n) is 12.6. The largest absolute Gasteiger partial charge is 0.433 e. The fourth-order valence-corrected chi connectivity index (χ4v) is 6.38. The summed E-state index contributed by atoms with van der Waals surface area (Å²) < 4.78 is 86.3. The minimum absolute atomic E-state index is 0.0394. The van der Waals surface area contributed by atoms with Crippen molar-refractivity contribution in [2.24, 2.45) is 0 Å². The van der Waals surface area contributed by atoms with Gasteiger partial charge in [-0.1, -0.05) is 24.3 Å². The number of benzene rings is 1. The lowest BCUT2D eigenvalue weighted by atomic mass is 9.98. The maximum Gasteiger partial charge on any atom is 0.433 e. The Morgan fingerprint density at radius 2 is 1.30 bits per heavy atom. The number of rotatable bonds is 5. The molecular formula is C36H24F6N14. The number of aromatic nitrogens is 10. The van der Waals surface area contributed by atoms with Gasteiger partial charge in [-0.2, -0.15) is 50.7 Å². The molecule has 0 aliphatic carbocycles. The van der Waals surface area contributed by atoms with Crippen molar-refractivity contribution in [1.82, 2.24) is 49.1 Å². The fourth-order valence-electron chi connectivity index (χ4n) is 6.38. The molecule has 56 heavy (non-hydrogen) atoms. The number of anilines is 3. The summed E-state index contributed by atoms with van der Waals surface area (Å²) >= 11 is 0. The molecule has 14 nitrogen and oxygen atoms in total. The molecule has 0 saturated carbocycles. The van der Waals surface area contributed by atoms with Gasteiger partial charge in [-0.05, 0) is 61.4 Å².